The van der Waals surface area contributed by atoms with E-state index in [0.29, 0.717) is 16.5 Å². The Morgan fingerprint density at radius 3 is 2.15 bits per heavy atom. The molecular weight excluding hydrogens is 504 g/mol. The first kappa shape index (κ1) is 24.3. The molecule has 6 aromatic rings. The van der Waals surface area contributed by atoms with Crippen molar-refractivity contribution < 1.29 is 9.21 Å². The standard InChI is InChI=1S/C32H22N4O2S/c33-20-25-29(22-12-4-1-5-13-22)30(23-14-6-2-7-15-23)38-31(25)35-28(37)21-39-32-34-26-18-10-11-19-27(26)36(32)24-16-8-3-9-17-24/h1-19H,21H2,(H,35,37). The number of carbonyl (C=O) groups excluding carboxylic acids is 1. The fourth-order valence-corrected chi connectivity index (χ4v) is 5.35. The smallest absolute Gasteiger partial charge is 0.237 e. The van der Waals surface area contributed by atoms with Crippen LogP contribution in [-0.4, -0.2) is 21.2 Å². The lowest BCUT2D eigenvalue weighted by Crippen LogP contribution is -2.14. The second-order valence-electron chi connectivity index (χ2n) is 8.75. The summed E-state index contributed by atoms with van der Waals surface area (Å²) in [4.78, 5) is 17.9. The van der Waals surface area contributed by atoms with Crippen LogP contribution in [0.5, 0.6) is 0 Å². The molecule has 0 fully saturated rings. The quantitative estimate of drug-likeness (QED) is 0.217. The highest BCUT2D eigenvalue weighted by molar-refractivity contribution is 7.99. The van der Waals surface area contributed by atoms with Crippen molar-refractivity contribution in [2.75, 3.05) is 11.1 Å². The van der Waals surface area contributed by atoms with E-state index in [0.717, 1.165) is 27.8 Å². The molecule has 0 spiro atoms. The minimum Gasteiger partial charge on any atom is -0.438 e. The van der Waals surface area contributed by atoms with Gasteiger partial charge in [0, 0.05) is 16.8 Å². The molecule has 2 aromatic heterocycles. The summed E-state index contributed by atoms with van der Waals surface area (Å²) in [6, 6.07) is 39.2. The van der Waals surface area contributed by atoms with E-state index in [1.54, 1.807) is 0 Å². The largest absolute Gasteiger partial charge is 0.438 e. The predicted molar refractivity (Wildman–Crippen MR) is 155 cm³/mol. The first-order valence-corrected chi connectivity index (χ1v) is 13.3. The second-order valence-corrected chi connectivity index (χ2v) is 9.69. The number of imidazole rings is 1. The van der Waals surface area contributed by atoms with E-state index in [9.17, 15) is 10.1 Å². The Morgan fingerprint density at radius 2 is 1.46 bits per heavy atom. The van der Waals surface area contributed by atoms with E-state index >= 15 is 0 Å². The van der Waals surface area contributed by atoms with Gasteiger partial charge < -0.3 is 4.42 Å². The molecule has 1 amide bonds. The van der Waals surface area contributed by atoms with Gasteiger partial charge in [-0.3, -0.25) is 14.7 Å². The van der Waals surface area contributed by atoms with Gasteiger partial charge in [-0.1, -0.05) is 103 Å². The molecule has 0 unspecified atom stereocenters. The molecule has 0 atom stereocenters. The predicted octanol–water partition coefficient (Wildman–Crippen LogP) is 7.55. The number of aromatic nitrogens is 2. The highest BCUT2D eigenvalue weighted by Crippen LogP contribution is 2.41. The van der Waals surface area contributed by atoms with E-state index in [1.807, 2.05) is 120 Å². The van der Waals surface area contributed by atoms with Crippen molar-refractivity contribution in [3.05, 3.63) is 121 Å². The van der Waals surface area contributed by atoms with Crippen LogP contribution in [0.4, 0.5) is 5.88 Å². The molecule has 0 saturated heterocycles. The summed E-state index contributed by atoms with van der Waals surface area (Å²) in [5, 5.41) is 13.6. The Labute approximate surface area is 229 Å². The second kappa shape index (κ2) is 10.7. The topological polar surface area (TPSA) is 83.9 Å². The summed E-state index contributed by atoms with van der Waals surface area (Å²) in [7, 11) is 0. The Bertz CT molecular complexity index is 1800. The molecule has 2 heterocycles. The van der Waals surface area contributed by atoms with E-state index in [4.69, 9.17) is 9.40 Å². The molecular formula is C32H22N4O2S. The van der Waals surface area contributed by atoms with Crippen LogP contribution in [0.3, 0.4) is 0 Å². The highest BCUT2D eigenvalue weighted by Gasteiger charge is 2.24. The number of benzene rings is 4. The van der Waals surface area contributed by atoms with E-state index in [1.165, 1.54) is 11.8 Å². The Kier molecular flexibility index (Phi) is 6.69. The minimum atomic E-state index is -0.295. The van der Waals surface area contributed by atoms with Crippen molar-refractivity contribution in [1.82, 2.24) is 9.55 Å². The van der Waals surface area contributed by atoms with Gasteiger partial charge in [-0.2, -0.15) is 5.26 Å². The van der Waals surface area contributed by atoms with Gasteiger partial charge in [-0.05, 0) is 29.8 Å². The molecule has 1 N–H and O–H groups in total. The number of fused-ring (bicyclic) bond motifs is 1. The first-order chi connectivity index (χ1) is 19.2. The highest BCUT2D eigenvalue weighted by atomic mass is 32.2. The fraction of sp³-hybridized carbons (Fsp3) is 0.0312. The lowest BCUT2D eigenvalue weighted by atomic mass is 9.98. The van der Waals surface area contributed by atoms with Crippen molar-refractivity contribution in [3.8, 4) is 34.2 Å². The molecule has 0 radical (unpaired) electrons. The molecule has 0 aliphatic rings. The van der Waals surface area contributed by atoms with Gasteiger partial charge in [0.05, 0.1) is 16.8 Å². The van der Waals surface area contributed by atoms with Crippen LogP contribution in [0.2, 0.25) is 0 Å². The van der Waals surface area contributed by atoms with E-state index in [2.05, 4.69) is 11.4 Å². The molecule has 0 aliphatic carbocycles. The van der Waals surface area contributed by atoms with Crippen LogP contribution in [0.25, 0.3) is 39.2 Å². The van der Waals surface area contributed by atoms with Crippen LogP contribution in [0.15, 0.2) is 125 Å². The number of furan rings is 1. The van der Waals surface area contributed by atoms with Crippen LogP contribution < -0.4 is 5.32 Å². The summed E-state index contributed by atoms with van der Waals surface area (Å²) < 4.78 is 8.20. The molecule has 0 saturated carbocycles. The Balaban J connectivity index is 1.31. The van der Waals surface area contributed by atoms with Gasteiger partial charge in [0.1, 0.15) is 17.4 Å². The third kappa shape index (κ3) is 4.81. The van der Waals surface area contributed by atoms with Gasteiger partial charge in [0.2, 0.25) is 11.8 Å². The zero-order valence-electron chi connectivity index (χ0n) is 20.7. The van der Waals surface area contributed by atoms with Crippen molar-refractivity contribution in [1.29, 1.82) is 5.26 Å². The maximum atomic E-state index is 13.2. The normalized spacial score (nSPS) is 10.8. The maximum absolute atomic E-state index is 13.2. The molecule has 39 heavy (non-hydrogen) atoms. The Morgan fingerprint density at radius 1 is 0.846 bits per heavy atom. The molecule has 4 aromatic carbocycles. The molecule has 188 valence electrons. The third-order valence-electron chi connectivity index (χ3n) is 6.25. The first-order valence-electron chi connectivity index (χ1n) is 12.4. The number of hydrogen-bond acceptors (Lipinski definition) is 5. The lowest BCUT2D eigenvalue weighted by molar-refractivity contribution is -0.113. The number of thioether (sulfide) groups is 1. The number of nitriles is 1. The van der Waals surface area contributed by atoms with E-state index < -0.39 is 0 Å². The molecule has 0 bridgehead atoms. The monoisotopic (exact) mass is 526 g/mol. The van der Waals surface area contributed by atoms with Crippen LogP contribution >= 0.6 is 11.8 Å². The fourth-order valence-electron chi connectivity index (χ4n) is 4.52. The van der Waals surface area contributed by atoms with E-state index in [-0.39, 0.29) is 23.1 Å². The van der Waals surface area contributed by atoms with Crippen molar-refractivity contribution in [2.45, 2.75) is 5.16 Å². The number of carbonyl (C=O) groups is 1. The molecule has 0 aliphatic heterocycles. The summed E-state index contributed by atoms with van der Waals surface area (Å²) in [6.45, 7) is 0. The zero-order chi connectivity index (χ0) is 26.6. The molecule has 6 rings (SSSR count). The van der Waals surface area contributed by atoms with Gasteiger partial charge in [0.25, 0.3) is 0 Å². The maximum Gasteiger partial charge on any atom is 0.237 e. The SMILES string of the molecule is N#Cc1c(NC(=O)CSc2nc3ccccc3n2-c2ccccc2)oc(-c2ccccc2)c1-c1ccccc1. The number of amides is 1. The zero-order valence-corrected chi connectivity index (χ0v) is 21.6. The summed E-state index contributed by atoms with van der Waals surface area (Å²) in [6.07, 6.45) is 0. The number of hydrogen-bond donors (Lipinski definition) is 1. The number of rotatable bonds is 7. The van der Waals surface area contributed by atoms with Gasteiger partial charge in [0.15, 0.2) is 5.16 Å². The number of para-hydroxylation sites is 3. The number of nitrogens with zero attached hydrogens (tertiary/aromatic N) is 3. The lowest BCUT2D eigenvalue weighted by Gasteiger charge is -2.09. The van der Waals surface area contributed by atoms with Gasteiger partial charge >= 0.3 is 0 Å². The number of anilines is 1. The summed E-state index contributed by atoms with van der Waals surface area (Å²) in [5.41, 5.74) is 5.37. The molecule has 7 heteroatoms. The van der Waals surface area contributed by atoms with Crippen molar-refractivity contribution in [3.63, 3.8) is 0 Å². The Hall–Kier alpha value is -5.06. The number of nitrogens with one attached hydrogen (secondary N) is 1. The van der Waals surface area contributed by atoms with Gasteiger partial charge in [-0.25, -0.2) is 4.98 Å². The van der Waals surface area contributed by atoms with Crippen LogP contribution in [-0.2, 0) is 4.79 Å². The third-order valence-corrected chi connectivity index (χ3v) is 7.19. The molecule has 6 nitrogen and oxygen atoms in total. The average Bonchev–Trinajstić information content (AvgIpc) is 3.55. The van der Waals surface area contributed by atoms with Crippen LogP contribution in [0.1, 0.15) is 5.56 Å². The average molecular weight is 527 g/mol. The summed E-state index contributed by atoms with van der Waals surface area (Å²) in [5.74, 6) is 0.462. The van der Waals surface area contributed by atoms with Gasteiger partial charge in [-0.15, -0.1) is 0 Å². The minimum absolute atomic E-state index is 0.0864. The van der Waals surface area contributed by atoms with Crippen molar-refractivity contribution >= 4 is 34.6 Å². The summed E-state index contributed by atoms with van der Waals surface area (Å²) >= 11 is 1.33. The van der Waals surface area contributed by atoms with Crippen LogP contribution in [0, 0.1) is 11.3 Å². The van der Waals surface area contributed by atoms with Crippen molar-refractivity contribution in [2.24, 2.45) is 0 Å².